The normalized spacial score (nSPS) is 9.95. The Hall–Kier alpha value is -2.89. The number of hydrogen-bond donors (Lipinski definition) is 3. The van der Waals surface area contributed by atoms with Gasteiger partial charge in [0.05, 0.1) is 12.2 Å². The molecule has 108 valence electrons. The summed E-state index contributed by atoms with van der Waals surface area (Å²) in [5, 5.41) is 5.29. The third kappa shape index (κ3) is 4.04. The minimum Gasteiger partial charge on any atom is -0.374 e. The van der Waals surface area contributed by atoms with Crippen LogP contribution in [0.4, 0.5) is 15.8 Å². The van der Waals surface area contributed by atoms with Crippen LogP contribution in [-0.4, -0.2) is 18.4 Å². The first kappa shape index (κ1) is 14.5. The number of para-hydroxylation sites is 1. The molecular weight excluding hydrogens is 273 g/mol. The fourth-order valence-corrected chi connectivity index (χ4v) is 1.74. The standard InChI is InChI=1S/C15H14FN3O2/c16-12-6-1-2-7-13(12)18-9-14(20)19-11-5-3-4-10(8-11)15(17)21/h1-8,18H,9H2,(H2,17,21)(H,19,20). The molecule has 2 aromatic carbocycles. The minimum atomic E-state index is -0.574. The largest absolute Gasteiger partial charge is 0.374 e. The van der Waals surface area contributed by atoms with Gasteiger partial charge in [-0.3, -0.25) is 9.59 Å². The lowest BCUT2D eigenvalue weighted by Crippen LogP contribution is -2.22. The topological polar surface area (TPSA) is 84.2 Å². The lowest BCUT2D eigenvalue weighted by Gasteiger charge is -2.09. The van der Waals surface area contributed by atoms with Gasteiger partial charge in [0.15, 0.2) is 0 Å². The first-order valence-electron chi connectivity index (χ1n) is 6.24. The number of anilines is 2. The maximum Gasteiger partial charge on any atom is 0.248 e. The maximum absolute atomic E-state index is 13.4. The Kier molecular flexibility index (Phi) is 4.50. The van der Waals surface area contributed by atoms with E-state index in [0.29, 0.717) is 11.3 Å². The zero-order chi connectivity index (χ0) is 15.2. The molecule has 0 aliphatic carbocycles. The first-order valence-corrected chi connectivity index (χ1v) is 6.24. The molecule has 4 N–H and O–H groups in total. The third-order valence-corrected chi connectivity index (χ3v) is 2.74. The lowest BCUT2D eigenvalue weighted by atomic mass is 10.2. The van der Waals surface area contributed by atoms with Gasteiger partial charge in [-0.15, -0.1) is 0 Å². The van der Waals surface area contributed by atoms with Crippen LogP contribution in [0.15, 0.2) is 48.5 Å². The number of primary amides is 1. The van der Waals surface area contributed by atoms with Gasteiger partial charge in [-0.25, -0.2) is 4.39 Å². The highest BCUT2D eigenvalue weighted by molar-refractivity contribution is 5.97. The number of carbonyl (C=O) groups excluding carboxylic acids is 2. The quantitative estimate of drug-likeness (QED) is 0.786. The third-order valence-electron chi connectivity index (χ3n) is 2.74. The molecule has 2 rings (SSSR count). The molecule has 2 aromatic rings. The number of nitrogens with two attached hydrogens (primary N) is 1. The number of nitrogens with one attached hydrogen (secondary N) is 2. The van der Waals surface area contributed by atoms with E-state index in [4.69, 9.17) is 5.73 Å². The van der Waals surface area contributed by atoms with E-state index in [1.165, 1.54) is 18.2 Å². The summed E-state index contributed by atoms with van der Waals surface area (Å²) in [5.74, 6) is -1.36. The molecule has 5 nitrogen and oxygen atoms in total. The molecular formula is C15H14FN3O2. The predicted octanol–water partition coefficient (Wildman–Crippen LogP) is 1.98. The number of carbonyl (C=O) groups is 2. The SMILES string of the molecule is NC(=O)c1cccc(NC(=O)CNc2ccccc2F)c1. The van der Waals surface area contributed by atoms with Crippen LogP contribution in [0, 0.1) is 5.82 Å². The number of benzene rings is 2. The number of rotatable bonds is 5. The Bertz CT molecular complexity index is 673. The molecule has 0 saturated carbocycles. The molecule has 0 spiro atoms. The summed E-state index contributed by atoms with van der Waals surface area (Å²) in [6.07, 6.45) is 0. The van der Waals surface area contributed by atoms with Gasteiger partial charge >= 0.3 is 0 Å². The molecule has 0 aliphatic rings. The fourth-order valence-electron chi connectivity index (χ4n) is 1.74. The van der Waals surface area contributed by atoms with Crippen LogP contribution < -0.4 is 16.4 Å². The molecule has 0 radical (unpaired) electrons. The van der Waals surface area contributed by atoms with Crippen molar-refractivity contribution in [2.45, 2.75) is 0 Å². The number of hydrogen-bond acceptors (Lipinski definition) is 3. The van der Waals surface area contributed by atoms with Gasteiger partial charge in [0.1, 0.15) is 5.82 Å². The van der Waals surface area contributed by atoms with Gasteiger partial charge in [-0.1, -0.05) is 18.2 Å². The van der Waals surface area contributed by atoms with Crippen LogP contribution in [0.3, 0.4) is 0 Å². The van der Waals surface area contributed by atoms with E-state index in [9.17, 15) is 14.0 Å². The molecule has 21 heavy (non-hydrogen) atoms. The molecule has 0 unspecified atom stereocenters. The van der Waals surface area contributed by atoms with Gasteiger partial charge in [0, 0.05) is 11.3 Å². The van der Waals surface area contributed by atoms with Crippen LogP contribution in [0.5, 0.6) is 0 Å². The van der Waals surface area contributed by atoms with Crippen molar-refractivity contribution in [2.24, 2.45) is 5.73 Å². The van der Waals surface area contributed by atoms with Gasteiger partial charge in [0.2, 0.25) is 11.8 Å². The van der Waals surface area contributed by atoms with Crippen LogP contribution in [0.1, 0.15) is 10.4 Å². The summed E-state index contributed by atoms with van der Waals surface area (Å²) in [6, 6.07) is 12.3. The van der Waals surface area contributed by atoms with Gasteiger partial charge in [-0.05, 0) is 30.3 Å². The average molecular weight is 287 g/mol. The smallest absolute Gasteiger partial charge is 0.248 e. The van der Waals surface area contributed by atoms with Crippen molar-refractivity contribution in [1.29, 1.82) is 0 Å². The molecule has 6 heteroatoms. The zero-order valence-corrected chi connectivity index (χ0v) is 11.1. The molecule has 0 aliphatic heterocycles. The van der Waals surface area contributed by atoms with E-state index in [-0.39, 0.29) is 18.1 Å². The Morgan fingerprint density at radius 1 is 1.10 bits per heavy atom. The maximum atomic E-state index is 13.4. The Labute approximate surface area is 121 Å². The van der Waals surface area contributed by atoms with Gasteiger partial charge < -0.3 is 16.4 Å². The summed E-state index contributed by atoms with van der Waals surface area (Å²) in [7, 11) is 0. The fraction of sp³-hybridized carbons (Fsp3) is 0.0667. The molecule has 0 bridgehead atoms. The monoisotopic (exact) mass is 287 g/mol. The highest BCUT2D eigenvalue weighted by atomic mass is 19.1. The molecule has 0 saturated heterocycles. The molecule has 2 amide bonds. The summed E-state index contributed by atoms with van der Waals surface area (Å²) in [6.45, 7) is -0.0955. The molecule has 0 fully saturated rings. The van der Waals surface area contributed by atoms with Crippen molar-refractivity contribution in [1.82, 2.24) is 0 Å². The van der Waals surface area contributed by atoms with E-state index < -0.39 is 11.7 Å². The average Bonchev–Trinajstić information content (AvgIpc) is 2.46. The van der Waals surface area contributed by atoms with E-state index in [0.717, 1.165) is 0 Å². The van der Waals surface area contributed by atoms with Crippen molar-refractivity contribution in [2.75, 3.05) is 17.2 Å². The summed E-state index contributed by atoms with van der Waals surface area (Å²) >= 11 is 0. The van der Waals surface area contributed by atoms with Crippen LogP contribution in [-0.2, 0) is 4.79 Å². The van der Waals surface area contributed by atoms with Crippen molar-refractivity contribution < 1.29 is 14.0 Å². The van der Waals surface area contributed by atoms with Gasteiger partial charge in [-0.2, -0.15) is 0 Å². The second-order valence-electron chi connectivity index (χ2n) is 4.33. The Morgan fingerprint density at radius 3 is 2.57 bits per heavy atom. The Balaban J connectivity index is 1.95. The number of halogens is 1. The summed E-state index contributed by atoms with van der Waals surface area (Å²) < 4.78 is 13.4. The molecule has 0 aromatic heterocycles. The highest BCUT2D eigenvalue weighted by Crippen LogP contribution is 2.13. The lowest BCUT2D eigenvalue weighted by molar-refractivity contribution is -0.114. The van der Waals surface area contributed by atoms with Crippen molar-refractivity contribution in [3.05, 3.63) is 59.9 Å². The van der Waals surface area contributed by atoms with Crippen LogP contribution in [0.2, 0.25) is 0 Å². The van der Waals surface area contributed by atoms with Gasteiger partial charge in [0.25, 0.3) is 0 Å². The predicted molar refractivity (Wildman–Crippen MR) is 78.5 cm³/mol. The van der Waals surface area contributed by atoms with Crippen molar-refractivity contribution in [3.63, 3.8) is 0 Å². The van der Waals surface area contributed by atoms with Crippen LogP contribution in [0.25, 0.3) is 0 Å². The first-order chi connectivity index (χ1) is 10.1. The second-order valence-corrected chi connectivity index (χ2v) is 4.33. The second kappa shape index (κ2) is 6.51. The Morgan fingerprint density at radius 2 is 1.86 bits per heavy atom. The van der Waals surface area contributed by atoms with E-state index in [1.54, 1.807) is 30.3 Å². The number of amides is 2. The van der Waals surface area contributed by atoms with E-state index in [1.807, 2.05) is 0 Å². The van der Waals surface area contributed by atoms with E-state index >= 15 is 0 Å². The highest BCUT2D eigenvalue weighted by Gasteiger charge is 2.06. The molecule has 0 heterocycles. The van der Waals surface area contributed by atoms with Crippen molar-refractivity contribution >= 4 is 23.2 Å². The van der Waals surface area contributed by atoms with E-state index in [2.05, 4.69) is 10.6 Å². The van der Waals surface area contributed by atoms with Crippen LogP contribution >= 0.6 is 0 Å². The molecule has 0 atom stereocenters. The summed E-state index contributed by atoms with van der Waals surface area (Å²) in [4.78, 5) is 22.8. The summed E-state index contributed by atoms with van der Waals surface area (Å²) in [5.41, 5.74) is 6.16. The zero-order valence-electron chi connectivity index (χ0n) is 11.1. The van der Waals surface area contributed by atoms with Crippen molar-refractivity contribution in [3.8, 4) is 0 Å². The minimum absolute atomic E-state index is 0.0955.